The lowest BCUT2D eigenvalue weighted by molar-refractivity contribution is -0.126. The third-order valence-corrected chi connectivity index (χ3v) is 3.88. The number of rotatable bonds is 4. The zero-order valence-corrected chi connectivity index (χ0v) is 11.2. The van der Waals surface area contributed by atoms with E-state index in [-0.39, 0.29) is 5.91 Å². The van der Waals surface area contributed by atoms with Crippen LogP contribution in [0, 0.1) is 5.92 Å². The first-order chi connectivity index (χ1) is 8.81. The fraction of sp³-hybridized carbons (Fsp3) is 0.786. The predicted octanol–water partition coefficient (Wildman–Crippen LogP) is 1.18. The molecule has 2 rings (SSSR count). The molecule has 4 nitrogen and oxygen atoms in total. The van der Waals surface area contributed by atoms with E-state index in [2.05, 4.69) is 11.4 Å². The highest BCUT2D eigenvalue weighted by atomic mass is 16.5. The summed E-state index contributed by atoms with van der Waals surface area (Å²) in [5.41, 5.74) is 0. The molecule has 1 unspecified atom stereocenters. The Morgan fingerprint density at radius 2 is 2.17 bits per heavy atom. The zero-order chi connectivity index (χ0) is 12.8. The van der Waals surface area contributed by atoms with Gasteiger partial charge in [0.15, 0.2) is 0 Å². The van der Waals surface area contributed by atoms with E-state index in [0.717, 1.165) is 52.0 Å². The van der Waals surface area contributed by atoms with Gasteiger partial charge >= 0.3 is 0 Å². The van der Waals surface area contributed by atoms with Gasteiger partial charge in [0.1, 0.15) is 0 Å². The van der Waals surface area contributed by atoms with E-state index in [9.17, 15) is 4.79 Å². The minimum atomic E-state index is 0.180. The maximum Gasteiger partial charge on any atom is 0.246 e. The Morgan fingerprint density at radius 3 is 2.89 bits per heavy atom. The normalized spacial score (nSPS) is 26.1. The van der Waals surface area contributed by atoms with Crippen molar-refractivity contribution in [3.63, 3.8) is 0 Å². The zero-order valence-electron chi connectivity index (χ0n) is 11.2. The average Bonchev–Trinajstić information content (AvgIpc) is 2.86. The fourth-order valence-corrected chi connectivity index (χ4v) is 2.80. The molecule has 2 heterocycles. The number of nitrogens with zero attached hydrogens (tertiary/aromatic N) is 1. The molecule has 4 heteroatoms. The maximum absolute atomic E-state index is 12.2. The van der Waals surface area contributed by atoms with Gasteiger partial charge in [-0.15, -0.1) is 0 Å². The Bertz CT molecular complexity index is 298. The lowest BCUT2D eigenvalue weighted by atomic mass is 10.00. The number of nitrogens with one attached hydrogen (secondary N) is 1. The first-order valence-corrected chi connectivity index (χ1v) is 7.02. The Balaban J connectivity index is 1.84. The van der Waals surface area contributed by atoms with Crippen LogP contribution in [-0.2, 0) is 9.53 Å². The molecule has 0 aromatic carbocycles. The van der Waals surface area contributed by atoms with Crippen LogP contribution in [0.1, 0.15) is 25.7 Å². The minimum Gasteiger partial charge on any atom is -0.381 e. The summed E-state index contributed by atoms with van der Waals surface area (Å²) in [5, 5.41) is 3.17. The minimum absolute atomic E-state index is 0.180. The van der Waals surface area contributed by atoms with Crippen LogP contribution >= 0.6 is 0 Å². The van der Waals surface area contributed by atoms with Crippen molar-refractivity contribution >= 4 is 5.91 Å². The molecule has 1 amide bonds. The molecule has 0 bridgehead atoms. The van der Waals surface area contributed by atoms with Crippen molar-refractivity contribution in [2.24, 2.45) is 5.92 Å². The van der Waals surface area contributed by atoms with Gasteiger partial charge in [0.25, 0.3) is 0 Å². The highest BCUT2D eigenvalue weighted by Crippen LogP contribution is 2.19. The number of likely N-dealkylation sites (N-methyl/N-ethyl adjacent to an activating group) is 1. The van der Waals surface area contributed by atoms with Gasteiger partial charge in [-0.25, -0.2) is 0 Å². The van der Waals surface area contributed by atoms with E-state index in [1.165, 1.54) is 0 Å². The molecular weight excluding hydrogens is 228 g/mol. The topological polar surface area (TPSA) is 41.6 Å². The van der Waals surface area contributed by atoms with E-state index in [1.807, 2.05) is 11.9 Å². The van der Waals surface area contributed by atoms with Gasteiger partial charge in [0.2, 0.25) is 5.91 Å². The molecule has 102 valence electrons. The number of likely N-dealkylation sites (tertiary alicyclic amines) is 1. The summed E-state index contributed by atoms with van der Waals surface area (Å²) in [6, 6.07) is 0.377. The van der Waals surface area contributed by atoms with E-state index in [0.29, 0.717) is 12.0 Å². The number of carbonyl (C=O) groups excluding carboxylic acids is 1. The Hall–Kier alpha value is -0.870. The lowest BCUT2D eigenvalue weighted by Crippen LogP contribution is -2.40. The highest BCUT2D eigenvalue weighted by Gasteiger charge is 2.26. The number of ether oxygens (including phenoxy) is 1. The molecule has 2 aliphatic rings. The van der Waals surface area contributed by atoms with Gasteiger partial charge in [0, 0.05) is 32.3 Å². The Kier molecular flexibility index (Phi) is 5.20. The van der Waals surface area contributed by atoms with Crippen molar-refractivity contribution in [2.45, 2.75) is 31.7 Å². The van der Waals surface area contributed by atoms with Crippen molar-refractivity contribution in [2.75, 3.05) is 33.4 Å². The molecule has 18 heavy (non-hydrogen) atoms. The second kappa shape index (κ2) is 6.90. The molecular formula is C14H24N2O2. The van der Waals surface area contributed by atoms with E-state index >= 15 is 0 Å². The van der Waals surface area contributed by atoms with Crippen molar-refractivity contribution in [3.05, 3.63) is 12.2 Å². The van der Waals surface area contributed by atoms with Gasteiger partial charge in [-0.3, -0.25) is 4.79 Å². The van der Waals surface area contributed by atoms with Crippen LogP contribution in [-0.4, -0.2) is 50.2 Å². The quantitative estimate of drug-likeness (QED) is 0.764. The smallest absolute Gasteiger partial charge is 0.246 e. The van der Waals surface area contributed by atoms with Crippen LogP contribution in [0.5, 0.6) is 0 Å². The van der Waals surface area contributed by atoms with E-state index < -0.39 is 0 Å². The second-order valence-corrected chi connectivity index (χ2v) is 5.19. The average molecular weight is 252 g/mol. The first kappa shape index (κ1) is 13.6. The summed E-state index contributed by atoms with van der Waals surface area (Å²) in [6.45, 7) is 3.46. The molecule has 2 saturated heterocycles. The number of amides is 1. The number of carbonyl (C=O) groups is 1. The second-order valence-electron chi connectivity index (χ2n) is 5.19. The van der Waals surface area contributed by atoms with E-state index in [4.69, 9.17) is 4.74 Å². The van der Waals surface area contributed by atoms with Crippen molar-refractivity contribution < 1.29 is 9.53 Å². The number of hydrogen-bond donors (Lipinski definition) is 1. The molecule has 2 fully saturated rings. The van der Waals surface area contributed by atoms with Gasteiger partial charge in [-0.2, -0.15) is 0 Å². The lowest BCUT2D eigenvalue weighted by Gasteiger charge is -2.24. The maximum atomic E-state index is 12.2. The molecule has 0 aromatic heterocycles. The van der Waals surface area contributed by atoms with Crippen molar-refractivity contribution in [1.29, 1.82) is 0 Å². The van der Waals surface area contributed by atoms with E-state index in [1.54, 1.807) is 6.08 Å². The summed E-state index contributed by atoms with van der Waals surface area (Å²) in [7, 11) is 1.94. The molecule has 0 aromatic rings. The third-order valence-electron chi connectivity index (χ3n) is 3.88. The number of allylic oxidation sites excluding steroid dienone is 1. The van der Waals surface area contributed by atoms with Crippen molar-refractivity contribution in [3.8, 4) is 0 Å². The molecule has 2 aliphatic heterocycles. The monoisotopic (exact) mass is 252 g/mol. The van der Waals surface area contributed by atoms with Crippen LogP contribution in [0.2, 0.25) is 0 Å². The molecule has 0 radical (unpaired) electrons. The summed E-state index contributed by atoms with van der Waals surface area (Å²) in [6.07, 6.45) is 8.21. The SMILES string of the molecule is CNCC1CCCN1C(=O)C=CC1CCOCC1. The number of hydrogen-bond acceptors (Lipinski definition) is 3. The van der Waals surface area contributed by atoms with Crippen LogP contribution in [0.15, 0.2) is 12.2 Å². The Morgan fingerprint density at radius 1 is 1.39 bits per heavy atom. The van der Waals surface area contributed by atoms with Crippen LogP contribution < -0.4 is 5.32 Å². The molecule has 0 spiro atoms. The summed E-state index contributed by atoms with van der Waals surface area (Å²) in [5.74, 6) is 0.701. The van der Waals surface area contributed by atoms with Crippen LogP contribution in [0.25, 0.3) is 0 Å². The largest absolute Gasteiger partial charge is 0.381 e. The summed E-state index contributed by atoms with van der Waals surface area (Å²) < 4.78 is 5.32. The van der Waals surface area contributed by atoms with Gasteiger partial charge < -0.3 is 15.0 Å². The first-order valence-electron chi connectivity index (χ1n) is 7.02. The standard InChI is InChI=1S/C14H24N2O2/c1-15-11-13-3-2-8-16(13)14(17)5-4-12-6-9-18-10-7-12/h4-5,12-13,15H,2-3,6-11H2,1H3. The van der Waals surface area contributed by atoms with Gasteiger partial charge in [-0.1, -0.05) is 6.08 Å². The Labute approximate surface area is 109 Å². The summed E-state index contributed by atoms with van der Waals surface area (Å²) in [4.78, 5) is 14.2. The molecule has 0 aliphatic carbocycles. The van der Waals surface area contributed by atoms with Crippen molar-refractivity contribution in [1.82, 2.24) is 10.2 Å². The van der Waals surface area contributed by atoms with Crippen LogP contribution in [0.3, 0.4) is 0 Å². The fourth-order valence-electron chi connectivity index (χ4n) is 2.80. The molecule has 0 saturated carbocycles. The highest BCUT2D eigenvalue weighted by molar-refractivity contribution is 5.88. The summed E-state index contributed by atoms with van der Waals surface area (Å²) >= 11 is 0. The predicted molar refractivity (Wildman–Crippen MR) is 71.3 cm³/mol. The van der Waals surface area contributed by atoms with Gasteiger partial charge in [-0.05, 0) is 44.7 Å². The molecule has 1 N–H and O–H groups in total. The third kappa shape index (κ3) is 3.56. The van der Waals surface area contributed by atoms with Gasteiger partial charge in [0.05, 0.1) is 0 Å². The molecule has 1 atom stereocenters. The van der Waals surface area contributed by atoms with Crippen LogP contribution in [0.4, 0.5) is 0 Å².